The van der Waals surface area contributed by atoms with Gasteiger partial charge in [0.1, 0.15) is 0 Å². The van der Waals surface area contributed by atoms with Crippen LogP contribution in [0.5, 0.6) is 0 Å². The number of benzene rings is 1. The van der Waals surface area contributed by atoms with Crippen molar-refractivity contribution in [2.75, 3.05) is 18.5 Å². The van der Waals surface area contributed by atoms with Gasteiger partial charge in [-0.25, -0.2) is 0 Å². The molecule has 18 heavy (non-hydrogen) atoms. The topological polar surface area (TPSA) is 62.1 Å². The van der Waals surface area contributed by atoms with Crippen LogP contribution in [0.1, 0.15) is 25.0 Å². The van der Waals surface area contributed by atoms with Gasteiger partial charge in [-0.05, 0) is 31.5 Å². The third-order valence-corrected chi connectivity index (χ3v) is 2.65. The Morgan fingerprint density at radius 1 is 1.56 bits per heavy atom. The van der Waals surface area contributed by atoms with Gasteiger partial charge in [0.05, 0.1) is 24.2 Å². The Balaban J connectivity index is 2.63. The van der Waals surface area contributed by atoms with Gasteiger partial charge in [-0.3, -0.25) is 4.79 Å². The van der Waals surface area contributed by atoms with E-state index in [0.717, 1.165) is 11.3 Å². The van der Waals surface area contributed by atoms with Crippen molar-refractivity contribution in [3.8, 4) is 6.07 Å². The van der Waals surface area contributed by atoms with E-state index in [1.165, 1.54) is 0 Å². The number of hydrogen-bond acceptors (Lipinski definition) is 4. The molecule has 0 saturated carbocycles. The normalized spacial score (nSPS) is 11.4. The summed E-state index contributed by atoms with van der Waals surface area (Å²) in [5, 5.41) is 12.0. The Kier molecular flexibility index (Phi) is 5.19. The molecule has 0 fully saturated rings. The fourth-order valence-electron chi connectivity index (χ4n) is 1.51. The van der Waals surface area contributed by atoms with Gasteiger partial charge in [-0.1, -0.05) is 13.0 Å². The molecule has 0 heterocycles. The summed E-state index contributed by atoms with van der Waals surface area (Å²) in [4.78, 5) is 11.5. The second-order valence-corrected chi connectivity index (χ2v) is 4.18. The summed E-state index contributed by atoms with van der Waals surface area (Å²) in [7, 11) is 0. The van der Waals surface area contributed by atoms with Crippen molar-refractivity contribution in [1.29, 1.82) is 5.26 Å². The first-order valence-corrected chi connectivity index (χ1v) is 5.99. The number of rotatable bonds is 5. The van der Waals surface area contributed by atoms with E-state index in [0.29, 0.717) is 18.7 Å². The molecule has 0 aliphatic rings. The third-order valence-electron chi connectivity index (χ3n) is 2.65. The largest absolute Gasteiger partial charge is 0.466 e. The molecule has 0 amide bonds. The first kappa shape index (κ1) is 14.0. The molecule has 1 rings (SSSR count). The predicted molar refractivity (Wildman–Crippen MR) is 70.2 cm³/mol. The predicted octanol–water partition coefficient (Wildman–Crippen LogP) is 2.48. The van der Waals surface area contributed by atoms with Gasteiger partial charge in [0.25, 0.3) is 0 Å². The summed E-state index contributed by atoms with van der Waals surface area (Å²) in [6, 6.07) is 7.54. The average molecular weight is 246 g/mol. The molecular weight excluding hydrogens is 228 g/mol. The highest BCUT2D eigenvalue weighted by Crippen LogP contribution is 2.17. The molecule has 1 N–H and O–H groups in total. The summed E-state index contributed by atoms with van der Waals surface area (Å²) >= 11 is 0. The summed E-state index contributed by atoms with van der Waals surface area (Å²) in [5.74, 6) is -0.422. The SMILES string of the molecule is CCOC(=O)C(C)CNc1cc(C#N)ccc1C. The van der Waals surface area contributed by atoms with Gasteiger partial charge in [-0.2, -0.15) is 5.26 Å². The number of ether oxygens (including phenoxy) is 1. The summed E-state index contributed by atoms with van der Waals surface area (Å²) in [6.45, 7) is 6.45. The molecule has 0 aliphatic carbocycles. The second-order valence-electron chi connectivity index (χ2n) is 4.18. The molecule has 96 valence electrons. The molecule has 1 aromatic rings. The molecule has 1 atom stereocenters. The number of carbonyl (C=O) groups is 1. The van der Waals surface area contributed by atoms with Crippen molar-refractivity contribution in [2.24, 2.45) is 5.92 Å². The van der Waals surface area contributed by atoms with Crippen molar-refractivity contribution in [1.82, 2.24) is 0 Å². The van der Waals surface area contributed by atoms with Crippen LogP contribution in [0.25, 0.3) is 0 Å². The lowest BCUT2D eigenvalue weighted by atomic mass is 10.1. The minimum Gasteiger partial charge on any atom is -0.466 e. The molecular formula is C14H18N2O2. The Morgan fingerprint density at radius 2 is 2.28 bits per heavy atom. The number of aryl methyl sites for hydroxylation is 1. The van der Waals surface area contributed by atoms with Gasteiger partial charge in [0, 0.05) is 12.2 Å². The highest BCUT2D eigenvalue weighted by Gasteiger charge is 2.13. The van der Waals surface area contributed by atoms with E-state index in [9.17, 15) is 4.79 Å². The maximum Gasteiger partial charge on any atom is 0.310 e. The van der Waals surface area contributed by atoms with Crippen LogP contribution in [0.2, 0.25) is 0 Å². The Labute approximate surface area is 108 Å². The molecule has 1 unspecified atom stereocenters. The van der Waals surface area contributed by atoms with Gasteiger partial charge in [0.15, 0.2) is 0 Å². The molecule has 0 bridgehead atoms. The van der Waals surface area contributed by atoms with Gasteiger partial charge >= 0.3 is 5.97 Å². The Hall–Kier alpha value is -2.02. The number of anilines is 1. The first-order valence-electron chi connectivity index (χ1n) is 5.99. The molecule has 1 aromatic carbocycles. The van der Waals surface area contributed by atoms with Gasteiger partial charge in [0.2, 0.25) is 0 Å². The van der Waals surface area contributed by atoms with Crippen molar-refractivity contribution in [3.05, 3.63) is 29.3 Å². The molecule has 0 spiro atoms. The molecule has 4 nitrogen and oxygen atoms in total. The summed E-state index contributed by atoms with van der Waals surface area (Å²) < 4.78 is 4.94. The highest BCUT2D eigenvalue weighted by atomic mass is 16.5. The van der Waals surface area contributed by atoms with Gasteiger partial charge in [-0.15, -0.1) is 0 Å². The minimum absolute atomic E-state index is 0.209. The zero-order valence-electron chi connectivity index (χ0n) is 11.0. The maximum absolute atomic E-state index is 11.5. The molecule has 4 heteroatoms. The van der Waals surface area contributed by atoms with Crippen LogP contribution < -0.4 is 5.32 Å². The number of nitrogens with zero attached hydrogens (tertiary/aromatic N) is 1. The second kappa shape index (κ2) is 6.65. The van der Waals surface area contributed by atoms with Crippen LogP contribution in [0.15, 0.2) is 18.2 Å². The number of esters is 1. The minimum atomic E-state index is -0.213. The zero-order chi connectivity index (χ0) is 13.5. The maximum atomic E-state index is 11.5. The van der Waals surface area contributed by atoms with Crippen molar-refractivity contribution in [2.45, 2.75) is 20.8 Å². The Morgan fingerprint density at radius 3 is 2.89 bits per heavy atom. The van der Waals surface area contributed by atoms with Crippen LogP contribution in [0.3, 0.4) is 0 Å². The van der Waals surface area contributed by atoms with Crippen molar-refractivity contribution in [3.63, 3.8) is 0 Å². The number of hydrogen-bond donors (Lipinski definition) is 1. The lowest BCUT2D eigenvalue weighted by Crippen LogP contribution is -2.22. The van der Waals surface area contributed by atoms with Crippen molar-refractivity contribution < 1.29 is 9.53 Å². The zero-order valence-corrected chi connectivity index (χ0v) is 11.0. The van der Waals surface area contributed by atoms with Crippen LogP contribution in [-0.4, -0.2) is 19.1 Å². The number of carbonyl (C=O) groups excluding carboxylic acids is 1. The standard InChI is InChI=1S/C14H18N2O2/c1-4-18-14(17)11(3)9-16-13-7-12(8-15)6-5-10(13)2/h5-7,11,16H,4,9H2,1-3H3. The molecule has 0 aliphatic heterocycles. The van der Waals surface area contributed by atoms with E-state index < -0.39 is 0 Å². The molecule has 0 saturated heterocycles. The third kappa shape index (κ3) is 3.77. The quantitative estimate of drug-likeness (QED) is 0.811. The highest BCUT2D eigenvalue weighted by molar-refractivity contribution is 5.72. The van der Waals surface area contributed by atoms with E-state index in [2.05, 4.69) is 11.4 Å². The van der Waals surface area contributed by atoms with Crippen LogP contribution in [0.4, 0.5) is 5.69 Å². The monoisotopic (exact) mass is 246 g/mol. The smallest absolute Gasteiger partial charge is 0.310 e. The number of nitriles is 1. The van der Waals surface area contributed by atoms with Crippen molar-refractivity contribution >= 4 is 11.7 Å². The fraction of sp³-hybridized carbons (Fsp3) is 0.429. The van der Waals surface area contributed by atoms with Crippen LogP contribution in [0, 0.1) is 24.2 Å². The van der Waals surface area contributed by atoms with Crippen LogP contribution in [-0.2, 0) is 9.53 Å². The Bertz CT molecular complexity index is 463. The average Bonchev–Trinajstić information content (AvgIpc) is 2.37. The van der Waals surface area contributed by atoms with Gasteiger partial charge < -0.3 is 10.1 Å². The summed E-state index contributed by atoms with van der Waals surface area (Å²) in [5.41, 5.74) is 2.53. The summed E-state index contributed by atoms with van der Waals surface area (Å²) in [6.07, 6.45) is 0. The van der Waals surface area contributed by atoms with E-state index in [4.69, 9.17) is 10.00 Å². The molecule has 0 aromatic heterocycles. The lowest BCUT2D eigenvalue weighted by molar-refractivity contribution is -0.146. The fourth-order valence-corrected chi connectivity index (χ4v) is 1.51. The number of nitrogens with one attached hydrogen (secondary N) is 1. The first-order chi connectivity index (χ1) is 8.58. The van der Waals surface area contributed by atoms with E-state index in [1.807, 2.05) is 19.9 Å². The molecule has 0 radical (unpaired) electrons. The lowest BCUT2D eigenvalue weighted by Gasteiger charge is -2.14. The van der Waals surface area contributed by atoms with Crippen LogP contribution >= 0.6 is 0 Å². The van der Waals surface area contributed by atoms with E-state index in [-0.39, 0.29) is 11.9 Å². The van der Waals surface area contributed by atoms with E-state index in [1.54, 1.807) is 19.1 Å². The van der Waals surface area contributed by atoms with E-state index >= 15 is 0 Å².